The Balaban J connectivity index is 0.00000176. The lowest BCUT2D eigenvalue weighted by molar-refractivity contribution is -0.691. The molecule has 0 bridgehead atoms. The number of nitrogens with two attached hydrogens (primary N) is 2. The number of nitrogens with zero attached hydrogens (tertiary/aromatic N) is 2. The summed E-state index contributed by atoms with van der Waals surface area (Å²) in [6, 6.07) is 6.77. The molecule has 2 saturated heterocycles. The highest BCUT2D eigenvalue weighted by atomic mass is 35.5. The summed E-state index contributed by atoms with van der Waals surface area (Å²) in [5.41, 5.74) is 1.58. The molecule has 216 valence electrons. The number of carbonyl (C=O) groups is 1. The lowest BCUT2D eigenvalue weighted by Gasteiger charge is -2.47. The number of hydrogen-bond acceptors (Lipinski definition) is 3. The minimum Gasteiger partial charge on any atom is -1.00 e. The van der Waals surface area contributed by atoms with Crippen molar-refractivity contribution in [3.63, 3.8) is 0 Å². The molecule has 11 heteroatoms. The number of benzene rings is 1. The van der Waals surface area contributed by atoms with Crippen molar-refractivity contribution in [1.82, 2.24) is 9.88 Å². The van der Waals surface area contributed by atoms with Crippen LogP contribution in [-0.2, 0) is 16.8 Å². The maximum atomic E-state index is 14.7. The fourth-order valence-corrected chi connectivity index (χ4v) is 8.91. The number of aromatic nitrogens is 1. The predicted molar refractivity (Wildman–Crippen MR) is 135 cm³/mol. The molecule has 3 aliphatic heterocycles. The van der Waals surface area contributed by atoms with E-state index < -0.39 is 5.92 Å². The molecule has 2 aromatic rings. The number of halogens is 5. The summed E-state index contributed by atoms with van der Waals surface area (Å²) in [5.74, 6) is -2.79. The van der Waals surface area contributed by atoms with Crippen LogP contribution in [0.1, 0.15) is 65.6 Å². The molecular weight excluding hydrogens is 568 g/mol. The molecule has 1 amide bonds. The molecule has 4 aliphatic rings. The van der Waals surface area contributed by atoms with Gasteiger partial charge >= 0.3 is 0 Å². The minimum atomic E-state index is -2.62. The number of thiazole rings is 1. The number of amides is 1. The molecule has 1 spiro atoms. The van der Waals surface area contributed by atoms with E-state index in [1.807, 2.05) is 24.0 Å². The fraction of sp³-hybridized carbons (Fsp3) is 0.643. The average molecular weight is 606 g/mol. The van der Waals surface area contributed by atoms with E-state index >= 15 is 0 Å². The predicted octanol–water partition coefficient (Wildman–Crippen LogP) is -3.29. The number of likely N-dealkylation sites (tertiary alicyclic amines) is 1. The first-order valence-electron chi connectivity index (χ1n) is 13.8. The number of hydrogen-bond donors (Lipinski definition) is 2. The van der Waals surface area contributed by atoms with Gasteiger partial charge in [0.1, 0.15) is 29.4 Å². The Morgan fingerprint density at radius 3 is 2.56 bits per heavy atom. The molecule has 4 atom stereocenters. The number of carbonyl (C=O) groups excluding carboxylic acids is 1. The van der Waals surface area contributed by atoms with Crippen molar-refractivity contribution in [3.05, 3.63) is 51.2 Å². The van der Waals surface area contributed by atoms with Crippen LogP contribution in [0, 0.1) is 24.6 Å². The number of quaternary nitrogens is 2. The molecule has 3 fully saturated rings. The summed E-state index contributed by atoms with van der Waals surface area (Å²) in [6.07, 6.45) is 1.93. The zero-order valence-electron chi connectivity index (χ0n) is 22.2. The van der Waals surface area contributed by atoms with Gasteiger partial charge in [-0.1, -0.05) is 18.2 Å². The van der Waals surface area contributed by atoms with Gasteiger partial charge in [0.25, 0.3) is 0 Å². The summed E-state index contributed by atoms with van der Waals surface area (Å²) in [4.78, 5) is 22.5. The third-order valence-electron chi connectivity index (χ3n) is 9.56. The number of rotatable bonds is 3. The second kappa shape index (κ2) is 11.8. The van der Waals surface area contributed by atoms with Crippen molar-refractivity contribution in [2.24, 2.45) is 11.8 Å². The van der Waals surface area contributed by atoms with Gasteiger partial charge in [-0.2, -0.15) is 0 Å². The van der Waals surface area contributed by atoms with Crippen molar-refractivity contribution in [1.29, 1.82) is 0 Å². The first kappa shape index (κ1) is 30.6. The van der Waals surface area contributed by atoms with E-state index in [9.17, 15) is 18.0 Å². The molecule has 1 saturated carbocycles. The number of piperidine rings is 1. The normalized spacial score (nSPS) is 30.4. The van der Waals surface area contributed by atoms with Crippen LogP contribution in [-0.4, -0.2) is 53.9 Å². The van der Waals surface area contributed by atoms with Gasteiger partial charge in [-0.15, -0.1) is 11.3 Å². The monoisotopic (exact) mass is 604 g/mol. The second-order valence-electron chi connectivity index (χ2n) is 11.7. The van der Waals surface area contributed by atoms with E-state index in [1.54, 1.807) is 17.4 Å². The Hall–Kier alpha value is -1.39. The average Bonchev–Trinajstić information content (AvgIpc) is 3.48. The summed E-state index contributed by atoms with van der Waals surface area (Å²) >= 11 is 1.74. The Kier molecular flexibility index (Phi) is 9.28. The Morgan fingerprint density at radius 2 is 1.82 bits per heavy atom. The molecule has 0 unspecified atom stereocenters. The summed E-state index contributed by atoms with van der Waals surface area (Å²) < 4.78 is 42.9. The molecule has 5 nitrogen and oxygen atoms in total. The SMILES string of the molecule is Cc1nc2c(s1)[C@]1(C[NH2+]C2)C[NH2+]C[C@H]1C(=O)N1CC[C@@H](c2ccccc2F)C[C@H]1C1CCC(F)(F)CC1.[Cl-].[Cl-]. The number of aryl methyl sites for hydroxylation is 1. The maximum absolute atomic E-state index is 14.7. The smallest absolute Gasteiger partial charge is 0.248 e. The summed E-state index contributed by atoms with van der Waals surface area (Å²) in [5, 5.41) is 5.60. The van der Waals surface area contributed by atoms with E-state index in [4.69, 9.17) is 4.98 Å². The first-order chi connectivity index (χ1) is 17.8. The van der Waals surface area contributed by atoms with Crippen LogP contribution in [0.15, 0.2) is 24.3 Å². The van der Waals surface area contributed by atoms with E-state index in [0.717, 1.165) is 36.9 Å². The molecule has 4 N–H and O–H groups in total. The zero-order chi connectivity index (χ0) is 25.8. The van der Waals surface area contributed by atoms with Gasteiger partial charge < -0.3 is 40.3 Å². The van der Waals surface area contributed by atoms with Crippen LogP contribution in [0.3, 0.4) is 0 Å². The van der Waals surface area contributed by atoms with E-state index in [2.05, 4.69) is 10.6 Å². The van der Waals surface area contributed by atoms with Crippen molar-refractivity contribution in [3.8, 4) is 0 Å². The summed E-state index contributed by atoms with van der Waals surface area (Å²) in [6.45, 7) is 5.94. The van der Waals surface area contributed by atoms with Crippen molar-refractivity contribution in [2.75, 3.05) is 26.2 Å². The molecule has 1 aromatic heterocycles. The quantitative estimate of drug-likeness (QED) is 0.386. The van der Waals surface area contributed by atoms with Crippen LogP contribution in [0.4, 0.5) is 13.2 Å². The topological polar surface area (TPSA) is 66.4 Å². The molecular formula is C28H37Cl2F3N4OS. The molecule has 1 aromatic carbocycles. The van der Waals surface area contributed by atoms with Crippen LogP contribution in [0.2, 0.25) is 0 Å². The lowest BCUT2D eigenvalue weighted by Crippen LogP contribution is -3.00. The van der Waals surface area contributed by atoms with Crippen molar-refractivity contribution in [2.45, 2.75) is 75.3 Å². The highest BCUT2D eigenvalue weighted by molar-refractivity contribution is 7.11. The Morgan fingerprint density at radius 1 is 1.10 bits per heavy atom. The molecule has 0 radical (unpaired) electrons. The summed E-state index contributed by atoms with van der Waals surface area (Å²) in [7, 11) is 0. The Bertz CT molecular complexity index is 1170. The van der Waals surface area contributed by atoms with E-state index in [1.165, 1.54) is 10.9 Å². The maximum Gasteiger partial charge on any atom is 0.248 e. The van der Waals surface area contributed by atoms with Crippen LogP contribution in [0.25, 0.3) is 0 Å². The van der Waals surface area contributed by atoms with Crippen LogP contribution in [0.5, 0.6) is 0 Å². The van der Waals surface area contributed by atoms with Gasteiger partial charge in [0, 0.05) is 25.4 Å². The molecule has 39 heavy (non-hydrogen) atoms. The standard InChI is InChI=1S/C28H35F3N4OS.2ClH/c1-17-34-23-14-33-16-27(25(23)37-17)15-32-13-21(27)26(36)35-11-8-19(20-4-2-3-5-22(20)29)12-24(35)18-6-9-28(30,31)10-7-18;;/h2-5,18-19,21,24,32-33H,6-16H2,1H3;2*1H/t19-,21+,24+,27+;;/m1../s1. The number of alkyl halides is 2. The van der Waals surface area contributed by atoms with E-state index in [0.29, 0.717) is 37.8 Å². The van der Waals surface area contributed by atoms with Gasteiger partial charge in [-0.25, -0.2) is 18.2 Å². The van der Waals surface area contributed by atoms with Gasteiger partial charge in [-0.05, 0) is 56.1 Å². The largest absolute Gasteiger partial charge is 1.00 e. The third kappa shape index (κ3) is 5.59. The van der Waals surface area contributed by atoms with Gasteiger partial charge in [0.2, 0.25) is 11.8 Å². The lowest BCUT2D eigenvalue weighted by atomic mass is 9.71. The van der Waals surface area contributed by atoms with Gasteiger partial charge in [-0.3, -0.25) is 4.79 Å². The molecule has 6 rings (SSSR count). The highest BCUT2D eigenvalue weighted by Gasteiger charge is 2.58. The van der Waals surface area contributed by atoms with E-state index in [-0.39, 0.29) is 78.6 Å². The zero-order valence-corrected chi connectivity index (χ0v) is 24.5. The van der Waals surface area contributed by atoms with Crippen LogP contribution < -0.4 is 35.4 Å². The van der Waals surface area contributed by atoms with Gasteiger partial charge in [0.15, 0.2) is 0 Å². The van der Waals surface area contributed by atoms with Crippen molar-refractivity contribution >= 4 is 17.2 Å². The first-order valence-corrected chi connectivity index (χ1v) is 14.6. The highest BCUT2D eigenvalue weighted by Crippen LogP contribution is 2.46. The van der Waals surface area contributed by atoms with Crippen molar-refractivity contribution < 1.29 is 53.4 Å². The number of fused-ring (bicyclic) bond motifs is 2. The Labute approximate surface area is 244 Å². The molecule has 4 heterocycles. The third-order valence-corrected chi connectivity index (χ3v) is 10.8. The molecule has 1 aliphatic carbocycles. The fourth-order valence-electron chi connectivity index (χ4n) is 7.70. The van der Waals surface area contributed by atoms with Crippen LogP contribution >= 0.6 is 11.3 Å². The minimum absolute atomic E-state index is 0. The second-order valence-corrected chi connectivity index (χ2v) is 12.9. The van der Waals surface area contributed by atoms with Gasteiger partial charge in [0.05, 0.1) is 29.5 Å².